The maximum atomic E-state index is 12.9. The smallest absolute Gasteiger partial charge is 0.407 e. The second kappa shape index (κ2) is 30.5. The quantitative estimate of drug-likeness (QED) is 0.0544. The number of urea groups is 3. The number of nitrogens with one attached hydrogen (secondary N) is 8. The average Bonchev–Trinajstić information content (AvgIpc) is 3.13. The van der Waals surface area contributed by atoms with Crippen molar-refractivity contribution in [1.29, 1.82) is 5.26 Å². The topological polar surface area (TPSA) is 258 Å². The number of imide groups is 2. The van der Waals surface area contributed by atoms with Gasteiger partial charge in [-0.1, -0.05) is 52.4 Å². The van der Waals surface area contributed by atoms with Gasteiger partial charge in [0.05, 0.1) is 17.5 Å². The fourth-order valence-electron chi connectivity index (χ4n) is 5.24. The molecule has 0 saturated carbocycles. The molecule has 0 saturated heterocycles. The van der Waals surface area contributed by atoms with E-state index in [2.05, 4.69) is 44.9 Å². The highest BCUT2D eigenvalue weighted by molar-refractivity contribution is 6.01. The van der Waals surface area contributed by atoms with Crippen LogP contribution in [-0.4, -0.2) is 93.6 Å². The zero-order valence-corrected chi connectivity index (χ0v) is 33.8. The summed E-state index contributed by atoms with van der Waals surface area (Å²) in [5, 5.41) is 29.8. The number of hydrogen-bond donors (Lipinski definition) is 8. The molecule has 0 aliphatic heterocycles. The molecule has 18 heteroatoms. The molecule has 0 spiro atoms. The van der Waals surface area contributed by atoms with Gasteiger partial charge in [-0.3, -0.25) is 20.2 Å². The Kier molecular flexibility index (Phi) is 27.8. The lowest BCUT2D eigenvalue weighted by Gasteiger charge is -2.27. The van der Waals surface area contributed by atoms with Gasteiger partial charge in [0.2, 0.25) is 11.8 Å². The normalized spacial score (nSPS) is 12.8. The average molecular weight is 782 g/mol. The van der Waals surface area contributed by atoms with Gasteiger partial charge in [0.1, 0.15) is 13.2 Å². The number of carbonyl (C=O) groups excluding carboxylic acids is 7. The molecule has 0 fully saturated rings. The zero-order chi connectivity index (χ0) is 41.5. The Labute approximate surface area is 326 Å². The highest BCUT2D eigenvalue weighted by Crippen LogP contribution is 2.32. The summed E-state index contributed by atoms with van der Waals surface area (Å²) in [6.07, 6.45) is 7.41. The first-order chi connectivity index (χ1) is 26.2. The first kappa shape index (κ1) is 50.2. The van der Waals surface area contributed by atoms with Crippen LogP contribution in [0.4, 0.5) is 24.0 Å². The Morgan fingerprint density at radius 2 is 1.18 bits per heavy atom. The van der Waals surface area contributed by atoms with Gasteiger partial charge in [-0.05, 0) is 66.2 Å². The summed E-state index contributed by atoms with van der Waals surface area (Å²) in [4.78, 5) is 85.2. The summed E-state index contributed by atoms with van der Waals surface area (Å²) in [6.45, 7) is 12.0. The van der Waals surface area contributed by atoms with E-state index >= 15 is 0 Å². The van der Waals surface area contributed by atoms with Crippen LogP contribution in [0.25, 0.3) is 0 Å². The molecule has 0 rings (SSSR count). The molecule has 3 unspecified atom stereocenters. The number of amides is 10. The van der Waals surface area contributed by atoms with Gasteiger partial charge >= 0.3 is 30.3 Å². The summed E-state index contributed by atoms with van der Waals surface area (Å²) < 4.78 is 10.4. The van der Waals surface area contributed by atoms with E-state index in [9.17, 15) is 38.8 Å². The van der Waals surface area contributed by atoms with Gasteiger partial charge in [0.25, 0.3) is 0 Å². The van der Waals surface area contributed by atoms with E-state index in [0.717, 1.165) is 44.9 Å². The van der Waals surface area contributed by atoms with Crippen LogP contribution in [0.3, 0.4) is 0 Å². The fraction of sp³-hybridized carbons (Fsp3) is 0.784. The summed E-state index contributed by atoms with van der Waals surface area (Å²) in [7, 11) is 0. The van der Waals surface area contributed by atoms with E-state index in [-0.39, 0.29) is 50.3 Å². The summed E-state index contributed by atoms with van der Waals surface area (Å²) in [6, 6.07) is -0.956. The van der Waals surface area contributed by atoms with Gasteiger partial charge in [-0.25, -0.2) is 24.0 Å². The highest BCUT2D eigenvalue weighted by Gasteiger charge is 2.32. The van der Waals surface area contributed by atoms with Crippen LogP contribution in [0.5, 0.6) is 0 Å². The van der Waals surface area contributed by atoms with Gasteiger partial charge in [0.15, 0.2) is 0 Å². The SMILES string of the molecule is CCCCCCCNC(=O)NC(=O)NC(=O)NCCCCCCNC(=O)OCC(COC(=O)NCC)NC(=O)CCC(C)(C#N)CC(CC)C(=O)NC(C)C. The van der Waals surface area contributed by atoms with E-state index < -0.39 is 47.6 Å². The van der Waals surface area contributed by atoms with Crippen LogP contribution in [0.2, 0.25) is 0 Å². The minimum Gasteiger partial charge on any atom is -0.447 e. The van der Waals surface area contributed by atoms with E-state index in [1.54, 1.807) is 13.8 Å². The number of unbranched alkanes of at least 4 members (excludes halogenated alkanes) is 7. The second-order valence-electron chi connectivity index (χ2n) is 14.0. The maximum Gasteiger partial charge on any atom is 0.407 e. The van der Waals surface area contributed by atoms with Gasteiger partial charge in [-0.15, -0.1) is 0 Å². The van der Waals surface area contributed by atoms with Crippen molar-refractivity contribution in [2.45, 2.75) is 137 Å². The molecule has 0 aliphatic carbocycles. The molecule has 0 bridgehead atoms. The molecule has 3 atom stereocenters. The number of rotatable bonds is 27. The van der Waals surface area contributed by atoms with Crippen molar-refractivity contribution >= 4 is 42.1 Å². The van der Waals surface area contributed by atoms with E-state index in [0.29, 0.717) is 45.4 Å². The first-order valence-corrected chi connectivity index (χ1v) is 19.6. The number of hydrogen-bond acceptors (Lipinski definition) is 10. The Balaban J connectivity index is 4.53. The van der Waals surface area contributed by atoms with Crippen LogP contribution in [0, 0.1) is 22.7 Å². The lowest BCUT2D eigenvalue weighted by atomic mass is 9.77. The predicted molar refractivity (Wildman–Crippen MR) is 207 cm³/mol. The van der Waals surface area contributed by atoms with Gasteiger partial charge in [0, 0.05) is 44.6 Å². The Bertz CT molecular complexity index is 1230. The molecule has 0 aromatic heterocycles. The van der Waals surface area contributed by atoms with Crippen LogP contribution in [0.15, 0.2) is 0 Å². The van der Waals surface area contributed by atoms with Crippen molar-refractivity contribution in [2.75, 3.05) is 39.4 Å². The molecule has 18 nitrogen and oxygen atoms in total. The third-order valence-electron chi connectivity index (χ3n) is 8.36. The standard InChI is InChI=1S/C37H67N9O9/c1-7-10-11-12-15-20-40-32(49)45-34(51)46-33(50)41-21-16-13-14-17-22-42-36(53)55-25-29(24-54-35(52)39-9-3)44-30(47)18-19-37(6,26-38)23-28(8-2)31(48)43-27(4)5/h27-29H,7-25H2,1-6H3,(H,39,52)(H,42,53)(H,43,48)(H,44,47)(H4,40,41,45,46,49,50,51). The minimum atomic E-state index is -0.938. The first-order valence-electron chi connectivity index (χ1n) is 19.6. The Hall–Kier alpha value is -4.82. The summed E-state index contributed by atoms with van der Waals surface area (Å²) in [5.41, 5.74) is -0.938. The molecular formula is C37H67N9O9. The zero-order valence-electron chi connectivity index (χ0n) is 33.8. The van der Waals surface area contributed by atoms with E-state index in [1.165, 1.54) is 0 Å². The van der Waals surface area contributed by atoms with Gasteiger partial charge in [-0.2, -0.15) is 5.26 Å². The molecule has 0 aromatic rings. The number of ether oxygens (including phenoxy) is 2. The van der Waals surface area contributed by atoms with Crippen LogP contribution in [-0.2, 0) is 19.1 Å². The molecule has 55 heavy (non-hydrogen) atoms. The monoisotopic (exact) mass is 782 g/mol. The fourth-order valence-corrected chi connectivity index (χ4v) is 5.24. The Morgan fingerprint density at radius 1 is 0.673 bits per heavy atom. The maximum absolute atomic E-state index is 12.9. The van der Waals surface area contributed by atoms with E-state index in [1.807, 2.05) is 31.4 Å². The number of nitriles is 1. The van der Waals surface area contributed by atoms with Crippen molar-refractivity contribution in [2.24, 2.45) is 11.3 Å². The third-order valence-corrected chi connectivity index (χ3v) is 8.36. The van der Waals surface area contributed by atoms with Crippen LogP contribution in [0.1, 0.15) is 125 Å². The molecule has 0 radical (unpaired) electrons. The minimum absolute atomic E-state index is 0.0355. The molecule has 0 heterocycles. The van der Waals surface area contributed by atoms with Gasteiger partial charge < -0.3 is 41.4 Å². The number of alkyl carbamates (subject to hydrolysis) is 2. The lowest BCUT2D eigenvalue weighted by Crippen LogP contribution is -2.49. The molecule has 0 aliphatic rings. The molecule has 0 aromatic carbocycles. The molecular weight excluding hydrogens is 714 g/mol. The van der Waals surface area contributed by atoms with Crippen molar-refractivity contribution in [1.82, 2.24) is 42.5 Å². The lowest BCUT2D eigenvalue weighted by molar-refractivity contribution is -0.126. The molecule has 8 N–H and O–H groups in total. The predicted octanol–water partition coefficient (Wildman–Crippen LogP) is 4.44. The Morgan fingerprint density at radius 3 is 1.65 bits per heavy atom. The third kappa shape index (κ3) is 27.4. The molecule has 314 valence electrons. The largest absolute Gasteiger partial charge is 0.447 e. The van der Waals surface area contributed by atoms with Crippen LogP contribution < -0.4 is 42.5 Å². The highest BCUT2D eigenvalue weighted by atomic mass is 16.6. The number of nitrogens with zero attached hydrogens (tertiary/aromatic N) is 1. The van der Waals surface area contributed by atoms with Crippen molar-refractivity contribution in [3.8, 4) is 6.07 Å². The molecule has 10 amide bonds. The van der Waals surface area contributed by atoms with Crippen molar-refractivity contribution < 1.29 is 43.0 Å². The summed E-state index contributed by atoms with van der Waals surface area (Å²) in [5.74, 6) is -0.948. The summed E-state index contributed by atoms with van der Waals surface area (Å²) >= 11 is 0. The van der Waals surface area contributed by atoms with Crippen LogP contribution >= 0.6 is 0 Å². The second-order valence-corrected chi connectivity index (χ2v) is 14.0. The van der Waals surface area contributed by atoms with Crippen molar-refractivity contribution in [3.05, 3.63) is 0 Å². The van der Waals surface area contributed by atoms with Crippen molar-refractivity contribution in [3.63, 3.8) is 0 Å². The number of carbonyl (C=O) groups is 7. The van der Waals surface area contributed by atoms with E-state index in [4.69, 9.17) is 9.47 Å².